The first kappa shape index (κ1) is 20.8. The number of nitrogens with zero attached hydrogens (tertiary/aromatic N) is 1. The van der Waals surface area contributed by atoms with E-state index in [1.807, 2.05) is 37.3 Å². The number of likely N-dealkylation sites (tertiary alicyclic amines) is 1. The van der Waals surface area contributed by atoms with Crippen molar-refractivity contribution in [3.63, 3.8) is 0 Å². The fourth-order valence-corrected chi connectivity index (χ4v) is 3.54. The van der Waals surface area contributed by atoms with Gasteiger partial charge in [0.25, 0.3) is 0 Å². The van der Waals surface area contributed by atoms with Crippen LogP contribution in [0.4, 0.5) is 9.18 Å². The highest BCUT2D eigenvalue weighted by Gasteiger charge is 2.35. The SMILES string of the molecule is C[C@@H](NC(=O)N1CCC[C@H]1C(=O)OCCCc1ccc(F)cc1)c1ccccc1. The van der Waals surface area contributed by atoms with Gasteiger partial charge in [0, 0.05) is 6.54 Å². The molecule has 0 unspecified atom stereocenters. The first-order chi connectivity index (χ1) is 14.0. The number of esters is 1. The van der Waals surface area contributed by atoms with Gasteiger partial charge in [0.1, 0.15) is 11.9 Å². The van der Waals surface area contributed by atoms with Gasteiger partial charge in [-0.1, -0.05) is 42.5 Å². The molecule has 1 heterocycles. The fraction of sp³-hybridized carbons (Fsp3) is 0.391. The van der Waals surface area contributed by atoms with Crippen LogP contribution in [0.3, 0.4) is 0 Å². The molecule has 2 aromatic rings. The van der Waals surface area contributed by atoms with Crippen LogP contribution in [-0.4, -0.2) is 36.1 Å². The quantitative estimate of drug-likeness (QED) is 0.561. The summed E-state index contributed by atoms with van der Waals surface area (Å²) in [6, 6.07) is 15.1. The van der Waals surface area contributed by atoms with Gasteiger partial charge in [-0.2, -0.15) is 0 Å². The van der Waals surface area contributed by atoms with E-state index in [4.69, 9.17) is 4.74 Å². The minimum atomic E-state index is -0.538. The molecule has 5 nitrogen and oxygen atoms in total. The van der Waals surface area contributed by atoms with Gasteiger partial charge in [0.05, 0.1) is 12.6 Å². The zero-order valence-electron chi connectivity index (χ0n) is 16.6. The van der Waals surface area contributed by atoms with Crippen molar-refractivity contribution < 1.29 is 18.7 Å². The Balaban J connectivity index is 1.45. The second-order valence-corrected chi connectivity index (χ2v) is 7.33. The van der Waals surface area contributed by atoms with Crippen molar-refractivity contribution >= 4 is 12.0 Å². The van der Waals surface area contributed by atoms with Gasteiger partial charge in [0.2, 0.25) is 0 Å². The van der Waals surface area contributed by atoms with Crippen molar-refractivity contribution in [3.8, 4) is 0 Å². The molecular formula is C23H27FN2O3. The van der Waals surface area contributed by atoms with E-state index in [0.717, 1.165) is 17.5 Å². The smallest absolute Gasteiger partial charge is 0.328 e. The highest BCUT2D eigenvalue weighted by Crippen LogP contribution is 2.20. The van der Waals surface area contributed by atoms with Crippen LogP contribution in [0.25, 0.3) is 0 Å². The molecule has 0 saturated carbocycles. The van der Waals surface area contributed by atoms with Crippen LogP contribution >= 0.6 is 0 Å². The highest BCUT2D eigenvalue weighted by molar-refractivity contribution is 5.84. The molecule has 1 N–H and O–H groups in total. The molecule has 3 rings (SSSR count). The zero-order valence-corrected chi connectivity index (χ0v) is 16.6. The Bertz CT molecular complexity index is 811. The van der Waals surface area contributed by atoms with Crippen LogP contribution in [0.15, 0.2) is 54.6 Å². The number of hydrogen-bond acceptors (Lipinski definition) is 3. The average Bonchev–Trinajstić information content (AvgIpc) is 3.23. The molecule has 0 bridgehead atoms. The third-order valence-corrected chi connectivity index (χ3v) is 5.19. The molecule has 2 amide bonds. The van der Waals surface area contributed by atoms with Crippen molar-refractivity contribution in [1.29, 1.82) is 0 Å². The first-order valence-electron chi connectivity index (χ1n) is 10.1. The van der Waals surface area contributed by atoms with Gasteiger partial charge in [-0.05, 0) is 55.9 Å². The Morgan fingerprint density at radius 2 is 1.90 bits per heavy atom. The number of carbonyl (C=O) groups is 2. The van der Waals surface area contributed by atoms with Crippen molar-refractivity contribution in [3.05, 3.63) is 71.5 Å². The van der Waals surface area contributed by atoms with Crippen LogP contribution in [0.1, 0.15) is 43.4 Å². The molecule has 1 saturated heterocycles. The maximum atomic E-state index is 12.9. The number of urea groups is 1. The van der Waals surface area contributed by atoms with Crippen LogP contribution in [0.5, 0.6) is 0 Å². The number of carbonyl (C=O) groups excluding carboxylic acids is 2. The van der Waals surface area contributed by atoms with Crippen molar-refractivity contribution in [1.82, 2.24) is 10.2 Å². The molecule has 0 spiro atoms. The Hall–Kier alpha value is -2.89. The summed E-state index contributed by atoms with van der Waals surface area (Å²) < 4.78 is 18.3. The maximum absolute atomic E-state index is 12.9. The number of nitrogens with one attached hydrogen (secondary N) is 1. The summed E-state index contributed by atoms with van der Waals surface area (Å²) in [6.45, 7) is 2.75. The molecular weight excluding hydrogens is 371 g/mol. The van der Waals surface area contributed by atoms with Gasteiger partial charge in [0.15, 0.2) is 0 Å². The monoisotopic (exact) mass is 398 g/mol. The molecule has 2 atom stereocenters. The fourth-order valence-electron chi connectivity index (χ4n) is 3.54. The summed E-state index contributed by atoms with van der Waals surface area (Å²) >= 11 is 0. The molecule has 0 aliphatic carbocycles. The summed E-state index contributed by atoms with van der Waals surface area (Å²) in [5.41, 5.74) is 2.01. The number of amides is 2. The highest BCUT2D eigenvalue weighted by atomic mass is 19.1. The third-order valence-electron chi connectivity index (χ3n) is 5.19. The van der Waals surface area contributed by atoms with E-state index >= 15 is 0 Å². The van der Waals surface area contributed by atoms with Gasteiger partial charge in [-0.3, -0.25) is 0 Å². The third kappa shape index (κ3) is 5.79. The van der Waals surface area contributed by atoms with E-state index in [1.54, 1.807) is 17.0 Å². The van der Waals surface area contributed by atoms with Gasteiger partial charge in [-0.25, -0.2) is 14.0 Å². The molecule has 1 fully saturated rings. The van der Waals surface area contributed by atoms with Crippen LogP contribution < -0.4 is 5.32 Å². The minimum absolute atomic E-state index is 0.142. The lowest BCUT2D eigenvalue weighted by Crippen LogP contribution is -2.47. The summed E-state index contributed by atoms with van der Waals surface area (Å²) in [6.07, 6.45) is 2.75. The second kappa shape index (κ2) is 10.0. The minimum Gasteiger partial charge on any atom is -0.464 e. The maximum Gasteiger partial charge on any atom is 0.328 e. The summed E-state index contributed by atoms with van der Waals surface area (Å²) in [5, 5.41) is 2.96. The lowest BCUT2D eigenvalue weighted by atomic mass is 10.1. The van der Waals surface area contributed by atoms with Gasteiger partial charge < -0.3 is 15.0 Å². The van der Waals surface area contributed by atoms with Gasteiger partial charge >= 0.3 is 12.0 Å². The Morgan fingerprint density at radius 1 is 1.17 bits per heavy atom. The van der Waals surface area contributed by atoms with Crippen molar-refractivity contribution in [2.24, 2.45) is 0 Å². The lowest BCUT2D eigenvalue weighted by molar-refractivity contribution is -0.148. The molecule has 0 radical (unpaired) electrons. The summed E-state index contributed by atoms with van der Waals surface area (Å²) in [5.74, 6) is -0.620. The largest absolute Gasteiger partial charge is 0.464 e. The van der Waals surface area contributed by atoms with E-state index in [9.17, 15) is 14.0 Å². The van der Waals surface area contributed by atoms with E-state index < -0.39 is 6.04 Å². The van der Waals surface area contributed by atoms with E-state index in [1.165, 1.54) is 12.1 Å². The number of benzene rings is 2. The molecule has 1 aliphatic rings. The first-order valence-corrected chi connectivity index (χ1v) is 10.1. The van der Waals surface area contributed by atoms with E-state index in [0.29, 0.717) is 25.8 Å². The van der Waals surface area contributed by atoms with E-state index in [-0.39, 0.29) is 30.5 Å². The molecule has 154 valence electrons. The van der Waals surface area contributed by atoms with Crippen LogP contribution in [0, 0.1) is 5.82 Å². The van der Waals surface area contributed by atoms with E-state index in [2.05, 4.69) is 5.32 Å². The molecule has 0 aromatic heterocycles. The predicted octanol–water partition coefficient (Wildman–Crippen LogP) is 4.24. The van der Waals surface area contributed by atoms with Crippen LogP contribution in [-0.2, 0) is 16.0 Å². The molecule has 2 aromatic carbocycles. The van der Waals surface area contributed by atoms with Gasteiger partial charge in [-0.15, -0.1) is 0 Å². The number of halogens is 1. The Kier molecular flexibility index (Phi) is 7.22. The normalized spacial score (nSPS) is 17.0. The number of ether oxygens (including phenoxy) is 1. The average molecular weight is 398 g/mol. The lowest BCUT2D eigenvalue weighted by Gasteiger charge is -2.25. The molecule has 29 heavy (non-hydrogen) atoms. The van der Waals surface area contributed by atoms with Crippen molar-refractivity contribution in [2.75, 3.05) is 13.2 Å². The van der Waals surface area contributed by atoms with Crippen LogP contribution in [0.2, 0.25) is 0 Å². The standard InChI is InChI=1S/C23H27FN2O3/c1-17(19-8-3-2-4-9-19)25-23(28)26-15-5-10-21(26)22(27)29-16-6-7-18-11-13-20(24)14-12-18/h2-4,8-9,11-14,17,21H,5-7,10,15-16H2,1H3,(H,25,28)/t17-,21+/m1/s1. The molecule has 6 heteroatoms. The number of aryl methyl sites for hydroxylation is 1. The second-order valence-electron chi connectivity index (χ2n) is 7.33. The van der Waals surface area contributed by atoms with Crippen molar-refractivity contribution in [2.45, 2.75) is 44.7 Å². The predicted molar refractivity (Wildman–Crippen MR) is 109 cm³/mol. The zero-order chi connectivity index (χ0) is 20.6. The topological polar surface area (TPSA) is 58.6 Å². The number of rotatable bonds is 7. The number of hydrogen-bond donors (Lipinski definition) is 1. The summed E-state index contributed by atoms with van der Waals surface area (Å²) in [7, 11) is 0. The Labute approximate surface area is 170 Å². The summed E-state index contributed by atoms with van der Waals surface area (Å²) in [4.78, 5) is 26.7. The molecule has 1 aliphatic heterocycles. The Morgan fingerprint density at radius 3 is 2.62 bits per heavy atom.